The largest absolute Gasteiger partial charge is 0.463 e. The van der Waals surface area contributed by atoms with Crippen molar-refractivity contribution in [3.8, 4) is 0 Å². The molecule has 0 heterocycles. The van der Waals surface area contributed by atoms with Gasteiger partial charge < -0.3 is 14.6 Å². The van der Waals surface area contributed by atoms with Gasteiger partial charge in [0.25, 0.3) is 0 Å². The zero-order valence-electron chi connectivity index (χ0n) is 25.4. The van der Waals surface area contributed by atoms with Gasteiger partial charge in [-0.15, -0.1) is 0 Å². The van der Waals surface area contributed by atoms with Gasteiger partial charge in [-0.05, 0) is 117 Å². The smallest absolute Gasteiger partial charge is 0.302 e. The van der Waals surface area contributed by atoms with Gasteiger partial charge in [-0.2, -0.15) is 0 Å². The van der Waals surface area contributed by atoms with E-state index in [4.69, 9.17) is 9.47 Å². The molecule has 4 nitrogen and oxygen atoms in total. The zero-order chi connectivity index (χ0) is 27.2. The molecule has 0 aromatic carbocycles. The van der Waals surface area contributed by atoms with Crippen molar-refractivity contribution >= 4 is 5.97 Å². The van der Waals surface area contributed by atoms with Crippen molar-refractivity contribution in [3.05, 3.63) is 0 Å². The molecule has 0 aromatic heterocycles. The summed E-state index contributed by atoms with van der Waals surface area (Å²) < 4.78 is 11.7. The number of hydrogen-bond acceptors (Lipinski definition) is 4. The van der Waals surface area contributed by atoms with Crippen LogP contribution >= 0.6 is 0 Å². The molecule has 4 aliphatic carbocycles. The second kappa shape index (κ2) is 10.8. The third kappa shape index (κ3) is 5.41. The van der Waals surface area contributed by atoms with E-state index in [1.165, 1.54) is 64.7 Å². The lowest BCUT2D eigenvalue weighted by molar-refractivity contribution is -0.181. The van der Waals surface area contributed by atoms with Crippen molar-refractivity contribution in [2.45, 2.75) is 137 Å². The van der Waals surface area contributed by atoms with Crippen LogP contribution in [0.5, 0.6) is 0 Å². The first-order valence-corrected chi connectivity index (χ1v) is 15.7. The summed E-state index contributed by atoms with van der Waals surface area (Å²) in [5.41, 5.74) is -0.766. The van der Waals surface area contributed by atoms with Crippen molar-refractivity contribution in [1.29, 1.82) is 0 Å². The molecule has 0 radical (unpaired) electrons. The van der Waals surface area contributed by atoms with Gasteiger partial charge in [0.2, 0.25) is 0 Å². The highest BCUT2D eigenvalue weighted by molar-refractivity contribution is 5.65. The molecule has 0 saturated heterocycles. The van der Waals surface area contributed by atoms with Crippen LogP contribution in [0.2, 0.25) is 0 Å². The molecule has 0 spiro atoms. The summed E-state index contributed by atoms with van der Waals surface area (Å²) in [4.78, 5) is 11.3. The minimum atomic E-state index is -0.924. The molecule has 37 heavy (non-hydrogen) atoms. The Balaban J connectivity index is 1.48. The maximum absolute atomic E-state index is 11.4. The SMILES string of the molecule is CC(=O)OCCO[C@]1(C(C)(C)O)C[C@@H]2CC[C@@H]3[C@H](CC[C@]4(C)[C@@H]([C@H](C)CCCC(C)C)CC[C@@H]34)[C@@]2(C)C1. The predicted molar refractivity (Wildman–Crippen MR) is 150 cm³/mol. The highest BCUT2D eigenvalue weighted by Gasteiger charge is 2.66. The van der Waals surface area contributed by atoms with E-state index in [0.717, 1.165) is 48.3 Å². The molecule has 0 bridgehead atoms. The van der Waals surface area contributed by atoms with E-state index in [1.807, 2.05) is 13.8 Å². The minimum absolute atomic E-state index is 0.215. The number of carbonyl (C=O) groups is 1. The van der Waals surface area contributed by atoms with Crippen molar-refractivity contribution in [2.75, 3.05) is 13.2 Å². The summed E-state index contributed by atoms with van der Waals surface area (Å²) in [7, 11) is 0. The number of ether oxygens (including phenoxy) is 2. The maximum atomic E-state index is 11.4. The third-order valence-corrected chi connectivity index (χ3v) is 12.4. The summed E-state index contributed by atoms with van der Waals surface area (Å²) in [5.74, 6) is 5.31. The molecule has 214 valence electrons. The molecular weight excluding hydrogens is 460 g/mol. The molecule has 9 atom stereocenters. The first-order valence-electron chi connectivity index (χ1n) is 15.7. The van der Waals surface area contributed by atoms with Gasteiger partial charge in [0.15, 0.2) is 0 Å². The fourth-order valence-corrected chi connectivity index (χ4v) is 10.4. The highest BCUT2D eigenvalue weighted by Crippen LogP contribution is 2.71. The quantitative estimate of drug-likeness (QED) is 0.237. The summed E-state index contributed by atoms with van der Waals surface area (Å²) in [6, 6.07) is 0. The van der Waals surface area contributed by atoms with Crippen LogP contribution in [0, 0.1) is 52.3 Å². The molecule has 1 N–H and O–H groups in total. The summed E-state index contributed by atoms with van der Waals surface area (Å²) in [6.45, 7) is 18.4. The maximum Gasteiger partial charge on any atom is 0.302 e. The predicted octanol–water partition coefficient (Wildman–Crippen LogP) is 7.81. The fourth-order valence-electron chi connectivity index (χ4n) is 10.4. The van der Waals surface area contributed by atoms with Crippen LogP contribution in [0.25, 0.3) is 0 Å². The van der Waals surface area contributed by atoms with Crippen LogP contribution in [0.1, 0.15) is 126 Å². The van der Waals surface area contributed by atoms with Crippen LogP contribution in [-0.2, 0) is 14.3 Å². The van der Waals surface area contributed by atoms with E-state index in [2.05, 4.69) is 34.6 Å². The fraction of sp³-hybridized carbons (Fsp3) is 0.970. The normalized spacial score (nSPS) is 42.3. The first-order chi connectivity index (χ1) is 17.2. The lowest BCUT2D eigenvalue weighted by atomic mass is 9.47. The Bertz CT molecular complexity index is 801. The molecule has 4 heteroatoms. The van der Waals surface area contributed by atoms with Gasteiger partial charge >= 0.3 is 5.97 Å². The standard InChI is InChI=1S/C33H58O4/c1-22(2)10-9-11-23(3)27-14-15-28-26-13-12-25-20-33(30(5,6)35,37-19-18-36-24(4)34)21-32(25,8)29(26)16-17-31(27,28)7/h22-23,25-29,35H,9-21H2,1-8H3/t23-,25+,26+,27-,28+,29+,31-,32+,33-/m1/s1. The van der Waals surface area contributed by atoms with Crippen LogP contribution in [0.3, 0.4) is 0 Å². The van der Waals surface area contributed by atoms with Gasteiger partial charge in [0, 0.05) is 6.92 Å². The van der Waals surface area contributed by atoms with Gasteiger partial charge in [-0.1, -0.05) is 53.9 Å². The molecular formula is C33H58O4. The Kier molecular flexibility index (Phi) is 8.54. The molecule has 0 aliphatic heterocycles. The molecule has 4 aliphatic rings. The van der Waals surface area contributed by atoms with Crippen LogP contribution in [-0.4, -0.2) is 35.5 Å². The Morgan fingerprint density at radius 1 is 0.973 bits per heavy atom. The van der Waals surface area contributed by atoms with Crippen LogP contribution in [0.4, 0.5) is 0 Å². The highest BCUT2D eigenvalue weighted by atomic mass is 16.6. The van der Waals surface area contributed by atoms with E-state index in [9.17, 15) is 9.90 Å². The topological polar surface area (TPSA) is 55.8 Å². The lowest BCUT2D eigenvalue weighted by Gasteiger charge is -2.58. The van der Waals surface area contributed by atoms with E-state index in [0.29, 0.717) is 17.9 Å². The van der Waals surface area contributed by atoms with Gasteiger partial charge in [0.05, 0.1) is 17.8 Å². The third-order valence-electron chi connectivity index (χ3n) is 12.4. The average Bonchev–Trinajstić information content (AvgIpc) is 3.30. The molecule has 4 saturated carbocycles. The Labute approximate surface area is 228 Å². The van der Waals surface area contributed by atoms with E-state index < -0.39 is 11.2 Å². The van der Waals surface area contributed by atoms with E-state index in [-0.39, 0.29) is 18.0 Å². The van der Waals surface area contributed by atoms with E-state index >= 15 is 0 Å². The van der Waals surface area contributed by atoms with Crippen molar-refractivity contribution < 1.29 is 19.4 Å². The Morgan fingerprint density at radius 2 is 1.68 bits per heavy atom. The van der Waals surface area contributed by atoms with Crippen molar-refractivity contribution in [3.63, 3.8) is 0 Å². The second-order valence-electron chi connectivity index (χ2n) is 15.3. The minimum Gasteiger partial charge on any atom is -0.463 e. The summed E-state index contributed by atoms with van der Waals surface area (Å²) in [6.07, 6.45) is 14.2. The Hall–Kier alpha value is -0.610. The number of esters is 1. The molecule has 4 fully saturated rings. The summed E-state index contributed by atoms with van der Waals surface area (Å²) >= 11 is 0. The number of rotatable bonds is 10. The number of hydrogen-bond donors (Lipinski definition) is 1. The number of carbonyl (C=O) groups excluding carboxylic acids is 1. The lowest BCUT2D eigenvalue weighted by Crippen LogP contribution is -2.53. The zero-order valence-corrected chi connectivity index (χ0v) is 25.4. The van der Waals surface area contributed by atoms with Crippen molar-refractivity contribution in [2.24, 2.45) is 52.3 Å². The van der Waals surface area contributed by atoms with E-state index in [1.54, 1.807) is 0 Å². The van der Waals surface area contributed by atoms with Crippen LogP contribution in [0.15, 0.2) is 0 Å². The average molecular weight is 519 g/mol. The molecule has 0 unspecified atom stereocenters. The molecule has 0 amide bonds. The number of aliphatic hydroxyl groups is 1. The first kappa shape index (κ1) is 29.4. The van der Waals surface area contributed by atoms with Crippen molar-refractivity contribution in [1.82, 2.24) is 0 Å². The van der Waals surface area contributed by atoms with Gasteiger partial charge in [-0.3, -0.25) is 4.79 Å². The number of fused-ring (bicyclic) bond motifs is 5. The monoisotopic (exact) mass is 518 g/mol. The Morgan fingerprint density at radius 3 is 2.32 bits per heavy atom. The second-order valence-corrected chi connectivity index (χ2v) is 15.3. The molecule has 0 aromatic rings. The van der Waals surface area contributed by atoms with Crippen LogP contribution < -0.4 is 0 Å². The van der Waals surface area contributed by atoms with Gasteiger partial charge in [-0.25, -0.2) is 0 Å². The van der Waals surface area contributed by atoms with Gasteiger partial charge in [0.1, 0.15) is 6.61 Å². The molecule has 4 rings (SSSR count). The summed E-state index contributed by atoms with van der Waals surface area (Å²) in [5, 5.41) is 11.4.